The number of nitrogens with one attached hydrogen (secondary N) is 1. The van der Waals surface area contributed by atoms with Gasteiger partial charge in [-0.2, -0.15) is 5.26 Å². The summed E-state index contributed by atoms with van der Waals surface area (Å²) in [6, 6.07) is 3.72. The first-order chi connectivity index (χ1) is 5.22. The molecule has 0 aliphatic carbocycles. The first kappa shape index (κ1) is 7.12. The molecule has 2 aliphatic rings. The zero-order chi connectivity index (χ0) is 7.90. The van der Waals surface area contributed by atoms with Gasteiger partial charge in [-0.15, -0.1) is 0 Å². The summed E-state index contributed by atoms with van der Waals surface area (Å²) in [7, 11) is 0. The fraction of sp³-hybridized carbons (Fsp3) is 0.889. The lowest BCUT2D eigenvalue weighted by Gasteiger charge is -2.32. The van der Waals surface area contributed by atoms with Crippen LogP contribution in [0.15, 0.2) is 0 Å². The number of piperidine rings is 1. The standard InChI is InChI=1S/C9H14N2/c1-9(6-10)4-7-2-3-8(5-9)11-7/h7-8,11H,2-5H2,1H3/t7-,8+,9?. The lowest BCUT2D eigenvalue weighted by atomic mass is 9.79. The third kappa shape index (κ3) is 1.14. The van der Waals surface area contributed by atoms with E-state index in [1.807, 2.05) is 0 Å². The molecule has 2 heteroatoms. The van der Waals surface area contributed by atoms with Gasteiger partial charge in [0.1, 0.15) is 0 Å². The molecule has 0 aromatic rings. The number of fused-ring (bicyclic) bond motifs is 2. The molecule has 2 rings (SSSR count). The Morgan fingerprint density at radius 1 is 1.36 bits per heavy atom. The maximum Gasteiger partial charge on any atom is 0.0688 e. The summed E-state index contributed by atoms with van der Waals surface area (Å²) in [4.78, 5) is 0. The molecule has 2 saturated heterocycles. The number of nitriles is 1. The number of hydrogen-bond donors (Lipinski definition) is 1. The normalized spacial score (nSPS) is 48.7. The zero-order valence-electron chi connectivity index (χ0n) is 6.93. The first-order valence-corrected chi connectivity index (χ1v) is 4.39. The Kier molecular flexibility index (Phi) is 1.43. The Bertz CT molecular complexity index is 192. The summed E-state index contributed by atoms with van der Waals surface area (Å²) in [6.45, 7) is 2.10. The second kappa shape index (κ2) is 2.22. The highest BCUT2D eigenvalue weighted by Crippen LogP contribution is 2.39. The average molecular weight is 150 g/mol. The highest BCUT2D eigenvalue weighted by atomic mass is 15.0. The van der Waals surface area contributed by atoms with Gasteiger partial charge in [-0.1, -0.05) is 0 Å². The Morgan fingerprint density at radius 3 is 2.36 bits per heavy atom. The van der Waals surface area contributed by atoms with Crippen LogP contribution in [0.5, 0.6) is 0 Å². The Hall–Kier alpha value is -0.550. The SMILES string of the molecule is CC1(C#N)C[C@H]2CC[C@@H](C1)N2. The molecular weight excluding hydrogens is 136 g/mol. The van der Waals surface area contributed by atoms with Crippen LogP contribution in [0.1, 0.15) is 32.6 Å². The van der Waals surface area contributed by atoms with Crippen molar-refractivity contribution >= 4 is 0 Å². The van der Waals surface area contributed by atoms with Crippen molar-refractivity contribution in [3.8, 4) is 6.07 Å². The van der Waals surface area contributed by atoms with E-state index < -0.39 is 0 Å². The van der Waals surface area contributed by atoms with Crippen LogP contribution < -0.4 is 5.32 Å². The predicted octanol–water partition coefficient (Wildman–Crippen LogP) is 1.43. The van der Waals surface area contributed by atoms with Crippen molar-refractivity contribution in [1.82, 2.24) is 5.32 Å². The molecule has 0 aromatic carbocycles. The Balaban J connectivity index is 2.15. The average Bonchev–Trinajstić information content (AvgIpc) is 2.31. The quantitative estimate of drug-likeness (QED) is 0.567. The summed E-state index contributed by atoms with van der Waals surface area (Å²) in [5, 5.41) is 12.5. The lowest BCUT2D eigenvalue weighted by Crippen LogP contribution is -2.42. The third-order valence-electron chi connectivity index (χ3n) is 3.00. The van der Waals surface area contributed by atoms with Crippen molar-refractivity contribution in [3.63, 3.8) is 0 Å². The topological polar surface area (TPSA) is 35.8 Å². The molecule has 2 aliphatic heterocycles. The molecule has 2 nitrogen and oxygen atoms in total. The van der Waals surface area contributed by atoms with Crippen molar-refractivity contribution in [3.05, 3.63) is 0 Å². The Labute approximate surface area is 67.6 Å². The smallest absolute Gasteiger partial charge is 0.0688 e. The van der Waals surface area contributed by atoms with Crippen LogP contribution in [0.2, 0.25) is 0 Å². The van der Waals surface area contributed by atoms with Crippen molar-refractivity contribution in [2.24, 2.45) is 5.41 Å². The lowest BCUT2D eigenvalue weighted by molar-refractivity contribution is 0.248. The van der Waals surface area contributed by atoms with Gasteiger partial charge in [-0.05, 0) is 32.6 Å². The second-order valence-corrected chi connectivity index (χ2v) is 4.22. The van der Waals surface area contributed by atoms with Crippen LogP contribution in [0.4, 0.5) is 0 Å². The fourth-order valence-corrected chi connectivity index (χ4v) is 2.49. The summed E-state index contributed by atoms with van der Waals surface area (Å²) in [6.07, 6.45) is 4.67. The minimum absolute atomic E-state index is 0.0307. The van der Waals surface area contributed by atoms with E-state index in [1.54, 1.807) is 0 Å². The molecule has 0 amide bonds. The molecule has 60 valence electrons. The fourth-order valence-electron chi connectivity index (χ4n) is 2.49. The zero-order valence-corrected chi connectivity index (χ0v) is 6.93. The van der Waals surface area contributed by atoms with Gasteiger partial charge in [0.2, 0.25) is 0 Å². The Morgan fingerprint density at radius 2 is 1.91 bits per heavy atom. The number of rotatable bonds is 0. The van der Waals surface area contributed by atoms with E-state index in [1.165, 1.54) is 12.8 Å². The molecule has 0 spiro atoms. The van der Waals surface area contributed by atoms with Crippen LogP contribution in [-0.4, -0.2) is 12.1 Å². The molecule has 1 N–H and O–H groups in total. The largest absolute Gasteiger partial charge is 0.311 e. The van der Waals surface area contributed by atoms with Crippen LogP contribution in [0.25, 0.3) is 0 Å². The van der Waals surface area contributed by atoms with Crippen molar-refractivity contribution in [1.29, 1.82) is 5.26 Å². The molecule has 2 heterocycles. The van der Waals surface area contributed by atoms with Gasteiger partial charge in [0.05, 0.1) is 11.5 Å². The van der Waals surface area contributed by atoms with Gasteiger partial charge in [-0.25, -0.2) is 0 Å². The number of nitrogens with zero attached hydrogens (tertiary/aromatic N) is 1. The van der Waals surface area contributed by atoms with Gasteiger partial charge < -0.3 is 5.32 Å². The van der Waals surface area contributed by atoms with E-state index in [4.69, 9.17) is 5.26 Å². The molecule has 0 radical (unpaired) electrons. The molecule has 2 fully saturated rings. The van der Waals surface area contributed by atoms with Crippen molar-refractivity contribution in [2.75, 3.05) is 0 Å². The van der Waals surface area contributed by atoms with Gasteiger partial charge in [-0.3, -0.25) is 0 Å². The van der Waals surface area contributed by atoms with Crippen molar-refractivity contribution < 1.29 is 0 Å². The summed E-state index contributed by atoms with van der Waals surface area (Å²) in [5.41, 5.74) is -0.0307. The molecule has 1 unspecified atom stereocenters. The van der Waals surface area contributed by atoms with Gasteiger partial charge in [0, 0.05) is 12.1 Å². The van der Waals surface area contributed by atoms with Gasteiger partial charge >= 0.3 is 0 Å². The van der Waals surface area contributed by atoms with E-state index in [0.717, 1.165) is 12.8 Å². The summed E-state index contributed by atoms with van der Waals surface area (Å²) >= 11 is 0. The minimum atomic E-state index is -0.0307. The molecular formula is C9H14N2. The first-order valence-electron chi connectivity index (χ1n) is 4.39. The summed E-state index contributed by atoms with van der Waals surface area (Å²) in [5.74, 6) is 0. The molecule has 0 aromatic heterocycles. The monoisotopic (exact) mass is 150 g/mol. The molecule has 3 atom stereocenters. The highest BCUT2D eigenvalue weighted by Gasteiger charge is 2.40. The van der Waals surface area contributed by atoms with Crippen molar-refractivity contribution in [2.45, 2.75) is 44.7 Å². The molecule has 0 saturated carbocycles. The minimum Gasteiger partial charge on any atom is -0.311 e. The van der Waals surface area contributed by atoms with Gasteiger partial charge in [0.25, 0.3) is 0 Å². The molecule has 2 bridgehead atoms. The van der Waals surface area contributed by atoms with Crippen LogP contribution in [0, 0.1) is 16.7 Å². The maximum absolute atomic E-state index is 8.94. The number of hydrogen-bond acceptors (Lipinski definition) is 2. The molecule has 11 heavy (non-hydrogen) atoms. The summed E-state index contributed by atoms with van der Waals surface area (Å²) < 4.78 is 0. The van der Waals surface area contributed by atoms with Gasteiger partial charge in [0.15, 0.2) is 0 Å². The maximum atomic E-state index is 8.94. The van der Waals surface area contributed by atoms with E-state index in [0.29, 0.717) is 12.1 Å². The van der Waals surface area contributed by atoms with E-state index in [-0.39, 0.29) is 5.41 Å². The highest BCUT2D eigenvalue weighted by molar-refractivity contribution is 5.06. The van der Waals surface area contributed by atoms with Crippen LogP contribution in [-0.2, 0) is 0 Å². The van der Waals surface area contributed by atoms with E-state index >= 15 is 0 Å². The second-order valence-electron chi connectivity index (χ2n) is 4.22. The van der Waals surface area contributed by atoms with E-state index in [9.17, 15) is 0 Å². The third-order valence-corrected chi connectivity index (χ3v) is 3.00. The predicted molar refractivity (Wildman–Crippen MR) is 42.9 cm³/mol. The van der Waals surface area contributed by atoms with E-state index in [2.05, 4.69) is 18.3 Å². The van der Waals surface area contributed by atoms with Crippen LogP contribution >= 0.6 is 0 Å². The van der Waals surface area contributed by atoms with Crippen LogP contribution in [0.3, 0.4) is 0 Å².